The van der Waals surface area contributed by atoms with E-state index in [1.807, 2.05) is 0 Å². The van der Waals surface area contributed by atoms with Crippen LogP contribution in [0, 0.1) is 0 Å². The minimum Gasteiger partial charge on any atom is -0.477 e. The Bertz CT molecular complexity index is 96.6. The maximum absolute atomic E-state index is 10.6. The molecule has 0 amide bonds. The van der Waals surface area contributed by atoms with Gasteiger partial charge in [0.1, 0.15) is 0 Å². The molecule has 3 N–H and O–H groups in total. The zero-order chi connectivity index (χ0) is 9.28. The Hall–Kier alpha value is -0.710. The third kappa shape index (κ3) is 17.6. The van der Waals surface area contributed by atoms with E-state index in [9.17, 15) is 8.78 Å². The second-order valence-electron chi connectivity index (χ2n) is 1.78. The van der Waals surface area contributed by atoms with Crippen molar-refractivity contribution in [3.05, 3.63) is 0 Å². The van der Waals surface area contributed by atoms with E-state index in [0.29, 0.717) is 0 Å². The van der Waals surface area contributed by atoms with Gasteiger partial charge in [0, 0.05) is 0 Å². The van der Waals surface area contributed by atoms with E-state index in [1.54, 1.807) is 0 Å². The largest absolute Gasteiger partial charge is 0.477 e. The summed E-state index contributed by atoms with van der Waals surface area (Å²) >= 11 is 0. The maximum atomic E-state index is 10.6. The fourth-order valence-electron chi connectivity index (χ4n) is 0.204. The quantitative estimate of drug-likeness (QED) is 0.664. The number of alkyl halides is 2. The average molecular weight is 169 g/mol. The number of unbranched alkanes of at least 4 members (excludes halogenated alkanes) is 1. The second kappa shape index (κ2) is 9.29. The molecule has 0 unspecified atom stereocenters. The minimum absolute atomic E-state index is 0.844. The van der Waals surface area contributed by atoms with Gasteiger partial charge in [0.25, 0.3) is 0 Å². The molecule has 0 fully saturated rings. The summed E-state index contributed by atoms with van der Waals surface area (Å²) in [4.78, 5) is 8.95. The van der Waals surface area contributed by atoms with Gasteiger partial charge >= 0.3 is 12.4 Å². The van der Waals surface area contributed by atoms with E-state index in [2.05, 4.69) is 6.92 Å². The fourth-order valence-corrected chi connectivity index (χ4v) is 0.204. The van der Waals surface area contributed by atoms with Crippen LogP contribution < -0.4 is 5.73 Å². The van der Waals surface area contributed by atoms with Crippen molar-refractivity contribution < 1.29 is 18.7 Å². The Morgan fingerprint density at radius 2 is 2.00 bits per heavy atom. The Labute approximate surface area is 64.2 Å². The highest BCUT2D eigenvalue weighted by atomic mass is 19.3. The number of carboxylic acids is 1. The summed E-state index contributed by atoms with van der Waals surface area (Å²) in [5, 5.41) is 7.24. The molecule has 0 aliphatic heterocycles. The monoisotopic (exact) mass is 169 g/mol. The van der Waals surface area contributed by atoms with E-state index < -0.39 is 12.4 Å². The van der Waals surface area contributed by atoms with Crippen molar-refractivity contribution in [2.24, 2.45) is 5.73 Å². The van der Waals surface area contributed by atoms with E-state index >= 15 is 0 Å². The first-order valence-corrected chi connectivity index (χ1v) is 3.27. The van der Waals surface area contributed by atoms with Crippen LogP contribution in [0.15, 0.2) is 0 Å². The fraction of sp³-hybridized carbons (Fsp3) is 0.833. The molecule has 0 atom stereocenters. The predicted molar refractivity (Wildman–Crippen MR) is 37.6 cm³/mol. The molecule has 0 saturated heterocycles. The lowest BCUT2D eigenvalue weighted by atomic mass is 10.3. The van der Waals surface area contributed by atoms with Gasteiger partial charge in [-0.2, -0.15) is 8.78 Å². The highest BCUT2D eigenvalue weighted by Gasteiger charge is 2.10. The SMILES string of the molecule is CCCCN.O=C(O)C(F)F. The zero-order valence-corrected chi connectivity index (χ0v) is 6.39. The number of hydrogen-bond acceptors (Lipinski definition) is 2. The molecule has 3 nitrogen and oxygen atoms in total. The van der Waals surface area contributed by atoms with Crippen molar-refractivity contribution in [3.8, 4) is 0 Å². The van der Waals surface area contributed by atoms with Gasteiger partial charge in [-0.05, 0) is 13.0 Å². The highest BCUT2D eigenvalue weighted by molar-refractivity contribution is 5.70. The molecular weight excluding hydrogens is 156 g/mol. The van der Waals surface area contributed by atoms with Crippen molar-refractivity contribution in [2.75, 3.05) is 6.54 Å². The molecule has 68 valence electrons. The number of carboxylic acid groups (broad SMARTS) is 1. The molecule has 0 spiro atoms. The number of carbonyl (C=O) groups is 1. The van der Waals surface area contributed by atoms with Gasteiger partial charge < -0.3 is 10.8 Å². The van der Waals surface area contributed by atoms with E-state index in [1.165, 1.54) is 12.8 Å². The molecule has 0 aromatic heterocycles. The van der Waals surface area contributed by atoms with Gasteiger partial charge in [0.15, 0.2) is 0 Å². The summed E-state index contributed by atoms with van der Waals surface area (Å²) in [7, 11) is 0. The molecule has 5 heteroatoms. The van der Waals surface area contributed by atoms with Crippen LogP contribution in [0.1, 0.15) is 19.8 Å². The van der Waals surface area contributed by atoms with Crippen molar-refractivity contribution in [1.82, 2.24) is 0 Å². The molecule has 0 bridgehead atoms. The number of aliphatic carboxylic acids is 1. The summed E-state index contributed by atoms with van der Waals surface area (Å²) in [6.07, 6.45) is -0.846. The zero-order valence-electron chi connectivity index (χ0n) is 6.39. The lowest BCUT2D eigenvalue weighted by Gasteiger charge is -1.81. The summed E-state index contributed by atoms with van der Waals surface area (Å²) < 4.78 is 21.1. The van der Waals surface area contributed by atoms with Crippen LogP contribution in [0.4, 0.5) is 8.78 Å². The molecule has 0 aromatic rings. The molecule has 0 heterocycles. The van der Waals surface area contributed by atoms with Crippen molar-refractivity contribution >= 4 is 5.97 Å². The minimum atomic E-state index is -3.23. The van der Waals surface area contributed by atoms with Gasteiger partial charge in [-0.3, -0.25) is 0 Å². The van der Waals surface area contributed by atoms with E-state index in [4.69, 9.17) is 15.6 Å². The average Bonchev–Trinajstić information content (AvgIpc) is 1.90. The molecule has 11 heavy (non-hydrogen) atoms. The molecule has 0 aromatic carbocycles. The second-order valence-corrected chi connectivity index (χ2v) is 1.78. The summed E-state index contributed by atoms with van der Waals surface area (Å²) in [6.45, 7) is 2.98. The van der Waals surface area contributed by atoms with E-state index in [-0.39, 0.29) is 0 Å². The highest BCUT2D eigenvalue weighted by Crippen LogP contribution is 1.87. The van der Waals surface area contributed by atoms with Crippen LogP contribution in [-0.2, 0) is 4.79 Å². The van der Waals surface area contributed by atoms with Crippen LogP contribution in [-0.4, -0.2) is 24.0 Å². The van der Waals surface area contributed by atoms with Crippen molar-refractivity contribution in [1.29, 1.82) is 0 Å². The van der Waals surface area contributed by atoms with Gasteiger partial charge in [-0.15, -0.1) is 0 Å². The third-order valence-electron chi connectivity index (χ3n) is 0.744. The first-order chi connectivity index (χ1) is 5.06. The van der Waals surface area contributed by atoms with Crippen LogP contribution in [0.2, 0.25) is 0 Å². The van der Waals surface area contributed by atoms with E-state index in [0.717, 1.165) is 6.54 Å². The summed E-state index contributed by atoms with van der Waals surface area (Å²) in [6, 6.07) is 0. The predicted octanol–water partition coefficient (Wildman–Crippen LogP) is 1.08. The normalized spacial score (nSPS) is 8.82. The van der Waals surface area contributed by atoms with Crippen molar-refractivity contribution in [2.45, 2.75) is 26.2 Å². The van der Waals surface area contributed by atoms with Crippen LogP contribution in [0.5, 0.6) is 0 Å². The van der Waals surface area contributed by atoms with Crippen LogP contribution in [0.25, 0.3) is 0 Å². The Kier molecular flexibility index (Phi) is 10.9. The first kappa shape index (κ1) is 12.9. The first-order valence-electron chi connectivity index (χ1n) is 3.27. The molecular formula is C6H13F2NO2. The van der Waals surface area contributed by atoms with Gasteiger partial charge in [-0.25, -0.2) is 4.79 Å². The lowest BCUT2D eigenvalue weighted by Crippen LogP contribution is -2.06. The number of nitrogens with two attached hydrogens (primary N) is 1. The molecule has 0 aliphatic carbocycles. The van der Waals surface area contributed by atoms with Gasteiger partial charge in [-0.1, -0.05) is 13.3 Å². The topological polar surface area (TPSA) is 63.3 Å². The number of halogens is 2. The maximum Gasteiger partial charge on any atom is 0.371 e. The molecule has 0 radical (unpaired) electrons. The Balaban J connectivity index is 0. The Morgan fingerprint density at radius 1 is 1.64 bits per heavy atom. The standard InChI is InChI=1S/C4H11N.C2H2F2O2/c1-2-3-4-5;3-1(4)2(5)6/h2-5H2,1H3;1H,(H,5,6). The smallest absolute Gasteiger partial charge is 0.371 e. The molecule has 0 saturated carbocycles. The number of hydrogen-bond donors (Lipinski definition) is 2. The third-order valence-corrected chi connectivity index (χ3v) is 0.744. The molecule has 0 aliphatic rings. The van der Waals surface area contributed by atoms with Gasteiger partial charge in [0.2, 0.25) is 0 Å². The summed E-state index contributed by atoms with van der Waals surface area (Å²) in [5.74, 6) is -2.07. The summed E-state index contributed by atoms with van der Waals surface area (Å²) in [5.41, 5.74) is 5.14. The van der Waals surface area contributed by atoms with Crippen molar-refractivity contribution in [3.63, 3.8) is 0 Å². The van der Waals surface area contributed by atoms with Crippen LogP contribution in [0.3, 0.4) is 0 Å². The lowest BCUT2D eigenvalue weighted by molar-refractivity contribution is -0.149. The van der Waals surface area contributed by atoms with Crippen LogP contribution >= 0.6 is 0 Å². The van der Waals surface area contributed by atoms with Gasteiger partial charge in [0.05, 0.1) is 0 Å². The Morgan fingerprint density at radius 3 is 2.00 bits per heavy atom. The molecule has 0 rings (SSSR count). The number of rotatable bonds is 3.